The predicted molar refractivity (Wildman–Crippen MR) is 96.2 cm³/mol. The van der Waals surface area contributed by atoms with Crippen LogP contribution in [0.3, 0.4) is 0 Å². The molecule has 0 unspecified atom stereocenters. The first kappa shape index (κ1) is 18.2. The number of hydrogen-bond acceptors (Lipinski definition) is 0. The van der Waals surface area contributed by atoms with E-state index in [1.54, 1.807) is 0 Å². The summed E-state index contributed by atoms with van der Waals surface area (Å²) in [6, 6.07) is 7.54. The van der Waals surface area contributed by atoms with Crippen LogP contribution >= 0.6 is 31.9 Å². The molecule has 0 aliphatic heterocycles. The number of rotatable bonds is 11. The molecule has 1 aromatic carbocycles. The second-order valence-electron chi connectivity index (χ2n) is 5.62. The Morgan fingerprint density at radius 1 is 0.750 bits per heavy atom. The lowest BCUT2D eigenvalue weighted by Gasteiger charge is -2.04. The van der Waals surface area contributed by atoms with Crippen molar-refractivity contribution in [3.8, 4) is 0 Å². The van der Waals surface area contributed by atoms with Crippen LogP contribution in [0.25, 0.3) is 0 Å². The van der Waals surface area contributed by atoms with Gasteiger partial charge in [-0.25, -0.2) is 0 Å². The van der Waals surface area contributed by atoms with Crippen molar-refractivity contribution in [2.45, 2.75) is 77.6 Å². The molecule has 0 saturated carbocycles. The molecule has 0 amide bonds. The summed E-state index contributed by atoms with van der Waals surface area (Å²) < 4.78 is 2.10. The fraction of sp³-hybridized carbons (Fsp3) is 0.667. The van der Waals surface area contributed by atoms with Crippen molar-refractivity contribution in [1.29, 1.82) is 0 Å². The summed E-state index contributed by atoms with van der Waals surface area (Å²) in [6.07, 6.45) is 15.2. The molecular formula is C18H27Br2. The second kappa shape index (κ2) is 11.8. The molecule has 1 rings (SSSR count). The van der Waals surface area contributed by atoms with Crippen molar-refractivity contribution < 1.29 is 0 Å². The van der Waals surface area contributed by atoms with Gasteiger partial charge in [-0.3, -0.25) is 0 Å². The molecule has 113 valence electrons. The highest BCUT2D eigenvalue weighted by Crippen LogP contribution is 2.21. The fourth-order valence-corrected chi connectivity index (χ4v) is 3.80. The molecule has 0 aliphatic carbocycles. The standard InChI is InChI=1S/C18H27Br2/c1-2-3-4-5-6-7-8-9-10-11-12-16-13-17(19)15-18(20)14-16/h13-14H,2-12H2,1H3. The summed E-state index contributed by atoms with van der Waals surface area (Å²) in [5.74, 6) is 0. The van der Waals surface area contributed by atoms with Crippen molar-refractivity contribution in [3.05, 3.63) is 32.7 Å². The van der Waals surface area contributed by atoms with E-state index in [-0.39, 0.29) is 0 Å². The SMILES string of the molecule is CCCCCCCCCCCCc1cc(Br)[c]c(Br)c1. The Bertz CT molecular complexity index is 340. The molecule has 0 nitrogen and oxygen atoms in total. The topological polar surface area (TPSA) is 0 Å². The van der Waals surface area contributed by atoms with Gasteiger partial charge in [0.2, 0.25) is 0 Å². The summed E-state index contributed by atoms with van der Waals surface area (Å²) in [5.41, 5.74) is 1.40. The van der Waals surface area contributed by atoms with Crippen LogP contribution in [-0.2, 0) is 6.42 Å². The maximum atomic E-state index is 3.50. The minimum Gasteiger partial charge on any atom is -0.0654 e. The summed E-state index contributed by atoms with van der Waals surface area (Å²) in [7, 11) is 0. The van der Waals surface area contributed by atoms with Crippen LogP contribution < -0.4 is 0 Å². The van der Waals surface area contributed by atoms with Gasteiger partial charge in [0.1, 0.15) is 0 Å². The first-order valence-corrected chi connectivity index (χ1v) is 9.68. The average molecular weight is 403 g/mol. The average Bonchev–Trinajstić information content (AvgIpc) is 2.40. The number of aryl methyl sites for hydroxylation is 1. The molecule has 0 spiro atoms. The van der Waals surface area contributed by atoms with Crippen molar-refractivity contribution >= 4 is 31.9 Å². The Morgan fingerprint density at radius 3 is 1.70 bits per heavy atom. The van der Waals surface area contributed by atoms with E-state index in [1.165, 1.54) is 76.2 Å². The van der Waals surface area contributed by atoms with Gasteiger partial charge >= 0.3 is 0 Å². The van der Waals surface area contributed by atoms with E-state index in [0.29, 0.717) is 0 Å². The van der Waals surface area contributed by atoms with Crippen LogP contribution in [0.2, 0.25) is 0 Å². The number of hydrogen-bond donors (Lipinski definition) is 0. The molecule has 1 radical (unpaired) electrons. The maximum absolute atomic E-state index is 3.50. The zero-order chi connectivity index (χ0) is 14.6. The summed E-state index contributed by atoms with van der Waals surface area (Å²) in [6.45, 7) is 2.28. The van der Waals surface area contributed by atoms with Crippen LogP contribution in [0.4, 0.5) is 0 Å². The first-order chi connectivity index (χ1) is 9.72. The van der Waals surface area contributed by atoms with Gasteiger partial charge in [-0.2, -0.15) is 0 Å². The maximum Gasteiger partial charge on any atom is 0.0268 e. The van der Waals surface area contributed by atoms with Crippen molar-refractivity contribution in [3.63, 3.8) is 0 Å². The van der Waals surface area contributed by atoms with E-state index in [2.05, 4.69) is 57.0 Å². The minimum atomic E-state index is 1.05. The van der Waals surface area contributed by atoms with Crippen LogP contribution in [0.1, 0.15) is 76.7 Å². The number of halogens is 2. The van der Waals surface area contributed by atoms with Gasteiger partial charge in [0, 0.05) is 15.0 Å². The lowest BCUT2D eigenvalue weighted by molar-refractivity contribution is 0.556. The summed E-state index contributed by atoms with van der Waals surface area (Å²) >= 11 is 6.99. The third-order valence-corrected chi connectivity index (χ3v) is 4.54. The van der Waals surface area contributed by atoms with Crippen molar-refractivity contribution in [2.24, 2.45) is 0 Å². The van der Waals surface area contributed by atoms with E-state index in [0.717, 1.165) is 8.95 Å². The quantitative estimate of drug-likeness (QED) is 0.336. The van der Waals surface area contributed by atoms with Crippen molar-refractivity contribution in [1.82, 2.24) is 0 Å². The van der Waals surface area contributed by atoms with Crippen LogP contribution in [0, 0.1) is 6.07 Å². The highest BCUT2D eigenvalue weighted by molar-refractivity contribution is 9.11. The van der Waals surface area contributed by atoms with Crippen LogP contribution in [0.5, 0.6) is 0 Å². The van der Waals surface area contributed by atoms with Gasteiger partial charge in [-0.1, -0.05) is 96.6 Å². The van der Waals surface area contributed by atoms with E-state index in [9.17, 15) is 0 Å². The molecule has 0 aromatic heterocycles. The molecular weight excluding hydrogens is 376 g/mol. The fourth-order valence-electron chi connectivity index (χ4n) is 2.51. The highest BCUT2D eigenvalue weighted by atomic mass is 79.9. The van der Waals surface area contributed by atoms with Crippen LogP contribution in [0.15, 0.2) is 21.1 Å². The lowest BCUT2D eigenvalue weighted by atomic mass is 10.0. The minimum absolute atomic E-state index is 1.05. The molecule has 0 aliphatic rings. The third kappa shape index (κ3) is 9.18. The predicted octanol–water partition coefficient (Wildman–Crippen LogP) is 7.48. The second-order valence-corrected chi connectivity index (χ2v) is 7.33. The smallest absolute Gasteiger partial charge is 0.0268 e. The molecule has 20 heavy (non-hydrogen) atoms. The normalized spacial score (nSPS) is 10.9. The first-order valence-electron chi connectivity index (χ1n) is 8.09. The Balaban J connectivity index is 1.97. The zero-order valence-corrected chi connectivity index (χ0v) is 15.9. The molecule has 0 heterocycles. The Kier molecular flexibility index (Phi) is 10.8. The van der Waals surface area contributed by atoms with Crippen LogP contribution in [-0.4, -0.2) is 0 Å². The highest BCUT2D eigenvalue weighted by Gasteiger charge is 1.99. The number of benzene rings is 1. The molecule has 0 N–H and O–H groups in total. The van der Waals surface area contributed by atoms with Gasteiger partial charge < -0.3 is 0 Å². The van der Waals surface area contributed by atoms with Gasteiger partial charge in [-0.05, 0) is 30.5 Å². The van der Waals surface area contributed by atoms with E-state index < -0.39 is 0 Å². The Hall–Kier alpha value is 0.180. The molecule has 1 aromatic rings. The third-order valence-electron chi connectivity index (χ3n) is 3.68. The summed E-state index contributed by atoms with van der Waals surface area (Å²) in [4.78, 5) is 0. The molecule has 0 fully saturated rings. The Morgan fingerprint density at radius 2 is 1.20 bits per heavy atom. The van der Waals surface area contributed by atoms with Crippen molar-refractivity contribution in [2.75, 3.05) is 0 Å². The summed E-state index contributed by atoms with van der Waals surface area (Å²) in [5, 5.41) is 0. The van der Waals surface area contributed by atoms with E-state index in [4.69, 9.17) is 0 Å². The largest absolute Gasteiger partial charge is 0.0654 e. The van der Waals surface area contributed by atoms with Gasteiger partial charge in [-0.15, -0.1) is 0 Å². The van der Waals surface area contributed by atoms with E-state index in [1.807, 2.05) is 0 Å². The van der Waals surface area contributed by atoms with E-state index >= 15 is 0 Å². The van der Waals surface area contributed by atoms with Gasteiger partial charge in [0.25, 0.3) is 0 Å². The number of unbranched alkanes of at least 4 members (excludes halogenated alkanes) is 9. The molecule has 2 heteroatoms. The molecule has 0 bridgehead atoms. The van der Waals surface area contributed by atoms with Gasteiger partial charge in [0.05, 0.1) is 0 Å². The lowest BCUT2D eigenvalue weighted by Crippen LogP contribution is -1.87. The Labute approximate surface area is 142 Å². The zero-order valence-electron chi connectivity index (χ0n) is 12.7. The monoisotopic (exact) mass is 401 g/mol. The molecule has 0 saturated heterocycles. The van der Waals surface area contributed by atoms with Gasteiger partial charge in [0.15, 0.2) is 0 Å². The molecule has 0 atom stereocenters.